The minimum Gasteiger partial charge on any atom is -0.316 e. The Morgan fingerprint density at radius 2 is 1.80 bits per heavy atom. The third-order valence-electron chi connectivity index (χ3n) is 3.99. The van der Waals surface area contributed by atoms with Gasteiger partial charge in [0.1, 0.15) is 4.90 Å². The SMILES string of the molecule is Cc1nn(C[NH+]2CCCCC2)c(C)c1S(=O)(=O)N(C)C. The summed E-state index contributed by atoms with van der Waals surface area (Å²) in [6, 6.07) is 0. The van der Waals surface area contributed by atoms with E-state index < -0.39 is 10.0 Å². The van der Waals surface area contributed by atoms with Crippen molar-refractivity contribution in [3.63, 3.8) is 0 Å². The first-order valence-corrected chi connectivity index (χ1v) is 8.58. The largest absolute Gasteiger partial charge is 0.316 e. The highest BCUT2D eigenvalue weighted by molar-refractivity contribution is 7.89. The van der Waals surface area contributed by atoms with Crippen LogP contribution in [-0.4, -0.2) is 49.7 Å². The number of sulfonamides is 1. The number of piperidine rings is 1. The maximum Gasteiger partial charge on any atom is 0.246 e. The molecule has 2 heterocycles. The van der Waals surface area contributed by atoms with Crippen molar-refractivity contribution in [2.45, 2.75) is 44.7 Å². The van der Waals surface area contributed by atoms with Crippen molar-refractivity contribution in [3.8, 4) is 0 Å². The van der Waals surface area contributed by atoms with Gasteiger partial charge in [-0.05, 0) is 33.1 Å². The summed E-state index contributed by atoms with van der Waals surface area (Å²) in [5.74, 6) is 0. The van der Waals surface area contributed by atoms with Crippen LogP contribution in [0.1, 0.15) is 30.7 Å². The Bertz CT molecular complexity index is 571. The Labute approximate surface area is 121 Å². The van der Waals surface area contributed by atoms with E-state index in [9.17, 15) is 8.42 Å². The number of aryl methyl sites for hydroxylation is 1. The zero-order valence-electron chi connectivity index (χ0n) is 12.8. The van der Waals surface area contributed by atoms with E-state index in [2.05, 4.69) is 5.10 Å². The Hall–Kier alpha value is -0.920. The second-order valence-corrected chi connectivity index (χ2v) is 7.84. The molecule has 0 saturated carbocycles. The molecule has 6 nitrogen and oxygen atoms in total. The number of hydrogen-bond donors (Lipinski definition) is 1. The van der Waals surface area contributed by atoms with Crippen LogP contribution in [0.3, 0.4) is 0 Å². The van der Waals surface area contributed by atoms with E-state index in [0.717, 1.165) is 25.5 Å². The first-order chi connectivity index (χ1) is 9.34. The zero-order chi connectivity index (χ0) is 14.9. The molecule has 1 aliphatic rings. The maximum absolute atomic E-state index is 12.3. The highest BCUT2D eigenvalue weighted by atomic mass is 32.2. The van der Waals surface area contributed by atoms with Crippen LogP contribution in [0.4, 0.5) is 0 Å². The lowest BCUT2D eigenvalue weighted by atomic mass is 10.1. The van der Waals surface area contributed by atoms with Crippen molar-refractivity contribution in [2.24, 2.45) is 0 Å². The number of nitrogens with zero attached hydrogens (tertiary/aromatic N) is 3. The van der Waals surface area contributed by atoms with E-state index in [0.29, 0.717) is 10.6 Å². The summed E-state index contributed by atoms with van der Waals surface area (Å²) in [7, 11) is -0.304. The highest BCUT2D eigenvalue weighted by Gasteiger charge is 2.27. The average Bonchev–Trinajstić information content (AvgIpc) is 2.65. The highest BCUT2D eigenvalue weighted by Crippen LogP contribution is 2.21. The van der Waals surface area contributed by atoms with Crippen LogP contribution >= 0.6 is 0 Å². The summed E-state index contributed by atoms with van der Waals surface area (Å²) in [4.78, 5) is 1.84. The van der Waals surface area contributed by atoms with Crippen molar-refractivity contribution in [1.29, 1.82) is 0 Å². The van der Waals surface area contributed by atoms with Crippen molar-refractivity contribution >= 4 is 10.0 Å². The van der Waals surface area contributed by atoms with Gasteiger partial charge in [0.15, 0.2) is 6.67 Å². The second kappa shape index (κ2) is 5.83. The lowest BCUT2D eigenvalue weighted by Crippen LogP contribution is -3.12. The van der Waals surface area contributed by atoms with Gasteiger partial charge < -0.3 is 4.90 Å². The number of hydrogen-bond acceptors (Lipinski definition) is 3. The van der Waals surface area contributed by atoms with Crippen molar-refractivity contribution in [2.75, 3.05) is 27.2 Å². The first kappa shape index (κ1) is 15.5. The fraction of sp³-hybridized carbons (Fsp3) is 0.769. The summed E-state index contributed by atoms with van der Waals surface area (Å²) in [5.41, 5.74) is 1.34. The van der Waals surface area contributed by atoms with E-state index in [-0.39, 0.29) is 0 Å². The monoisotopic (exact) mass is 301 g/mol. The first-order valence-electron chi connectivity index (χ1n) is 7.14. The number of aromatic nitrogens is 2. The molecule has 2 rings (SSSR count). The molecule has 0 atom stereocenters. The summed E-state index contributed by atoms with van der Waals surface area (Å²) in [6.07, 6.45) is 3.80. The predicted molar refractivity (Wildman–Crippen MR) is 77.1 cm³/mol. The number of nitrogens with one attached hydrogen (secondary N) is 1. The molecule has 20 heavy (non-hydrogen) atoms. The molecular formula is C13H25N4O2S+. The topological polar surface area (TPSA) is 59.6 Å². The molecule has 0 radical (unpaired) electrons. The normalized spacial score (nSPS) is 17.9. The van der Waals surface area contributed by atoms with Crippen molar-refractivity contribution in [1.82, 2.24) is 14.1 Å². The fourth-order valence-corrected chi connectivity index (χ4v) is 4.07. The van der Waals surface area contributed by atoms with Gasteiger partial charge >= 0.3 is 0 Å². The van der Waals surface area contributed by atoms with Crippen molar-refractivity contribution in [3.05, 3.63) is 11.4 Å². The minimum atomic E-state index is -3.42. The van der Waals surface area contributed by atoms with E-state index in [1.807, 2.05) is 11.6 Å². The van der Waals surface area contributed by atoms with Crippen LogP contribution in [0.25, 0.3) is 0 Å². The molecule has 114 valence electrons. The number of quaternary nitrogens is 1. The van der Waals surface area contributed by atoms with E-state index in [1.165, 1.54) is 28.5 Å². The van der Waals surface area contributed by atoms with E-state index in [1.54, 1.807) is 21.0 Å². The standard InChI is InChI=1S/C13H24N4O2S/c1-11-13(20(18,19)15(3)4)12(2)17(14-11)10-16-8-6-5-7-9-16/h5-10H2,1-4H3/p+1. The quantitative estimate of drug-likeness (QED) is 0.836. The van der Waals surface area contributed by atoms with Gasteiger partial charge in [0.2, 0.25) is 10.0 Å². The number of rotatable bonds is 4. The molecule has 1 fully saturated rings. The summed E-state index contributed by atoms with van der Waals surface area (Å²) in [5, 5.41) is 4.44. The molecule has 1 aromatic heterocycles. The Balaban J connectivity index is 2.29. The molecule has 0 unspecified atom stereocenters. The smallest absolute Gasteiger partial charge is 0.246 e. The van der Waals surface area contributed by atoms with Crippen LogP contribution < -0.4 is 4.90 Å². The van der Waals surface area contributed by atoms with Crippen LogP contribution in [0.5, 0.6) is 0 Å². The number of likely N-dealkylation sites (tertiary alicyclic amines) is 1. The van der Waals surface area contributed by atoms with Gasteiger partial charge in [-0.3, -0.25) is 0 Å². The lowest BCUT2D eigenvalue weighted by Gasteiger charge is -2.23. The van der Waals surface area contributed by atoms with Gasteiger partial charge in [0.05, 0.1) is 24.5 Å². The third-order valence-corrected chi connectivity index (χ3v) is 6.06. The molecular weight excluding hydrogens is 276 g/mol. The zero-order valence-corrected chi connectivity index (χ0v) is 13.6. The Kier molecular flexibility index (Phi) is 4.51. The summed E-state index contributed by atoms with van der Waals surface area (Å²) in [6.45, 7) is 6.67. The lowest BCUT2D eigenvalue weighted by molar-refractivity contribution is -0.928. The van der Waals surface area contributed by atoms with Gasteiger partial charge in [0, 0.05) is 14.1 Å². The Morgan fingerprint density at radius 3 is 2.35 bits per heavy atom. The molecule has 7 heteroatoms. The van der Waals surface area contributed by atoms with Gasteiger partial charge in [-0.2, -0.15) is 5.10 Å². The second-order valence-electron chi connectivity index (χ2n) is 5.76. The summed E-state index contributed by atoms with van der Waals surface area (Å²) < 4.78 is 27.8. The van der Waals surface area contributed by atoms with Crippen molar-refractivity contribution < 1.29 is 13.3 Å². The summed E-state index contributed by atoms with van der Waals surface area (Å²) >= 11 is 0. The van der Waals surface area contributed by atoms with Crippen LogP contribution in [0.15, 0.2) is 4.90 Å². The predicted octanol–water partition coefficient (Wildman–Crippen LogP) is -0.223. The maximum atomic E-state index is 12.3. The molecule has 1 aliphatic heterocycles. The minimum absolute atomic E-state index is 0.360. The molecule has 0 amide bonds. The fourth-order valence-electron chi connectivity index (χ4n) is 2.81. The molecule has 0 bridgehead atoms. The molecule has 0 spiro atoms. The van der Waals surface area contributed by atoms with Crippen LogP contribution in [0.2, 0.25) is 0 Å². The van der Waals surface area contributed by atoms with Gasteiger partial charge in [-0.15, -0.1) is 0 Å². The molecule has 1 N–H and O–H groups in total. The van der Waals surface area contributed by atoms with Gasteiger partial charge in [-0.1, -0.05) is 0 Å². The Morgan fingerprint density at radius 1 is 1.20 bits per heavy atom. The molecule has 0 aliphatic carbocycles. The molecule has 1 aromatic rings. The molecule has 0 aromatic carbocycles. The van der Waals surface area contributed by atoms with E-state index >= 15 is 0 Å². The van der Waals surface area contributed by atoms with Crippen LogP contribution in [-0.2, 0) is 16.7 Å². The average molecular weight is 301 g/mol. The third kappa shape index (κ3) is 2.89. The van der Waals surface area contributed by atoms with E-state index in [4.69, 9.17) is 0 Å². The molecule has 1 saturated heterocycles. The van der Waals surface area contributed by atoms with Crippen LogP contribution in [0, 0.1) is 13.8 Å². The van der Waals surface area contributed by atoms with Gasteiger partial charge in [0.25, 0.3) is 0 Å². The van der Waals surface area contributed by atoms with Gasteiger partial charge in [-0.25, -0.2) is 17.4 Å².